The molecular weight excluding hydrogens is 166 g/mol. The molecule has 2 heteroatoms. The fraction of sp³-hybridized carbons (Fsp3) is 0.600. The van der Waals surface area contributed by atoms with Gasteiger partial charge in [0.15, 0.2) is 0 Å². The van der Waals surface area contributed by atoms with E-state index in [0.29, 0.717) is 11.5 Å². The fourth-order valence-corrected chi connectivity index (χ4v) is 3.19. The van der Waals surface area contributed by atoms with Crippen molar-refractivity contribution in [3.63, 3.8) is 0 Å². The van der Waals surface area contributed by atoms with E-state index < -0.39 is 0 Å². The van der Waals surface area contributed by atoms with Crippen molar-refractivity contribution in [2.24, 2.45) is 5.41 Å². The summed E-state index contributed by atoms with van der Waals surface area (Å²) in [7, 11) is 0. The van der Waals surface area contributed by atoms with E-state index >= 15 is 0 Å². The summed E-state index contributed by atoms with van der Waals surface area (Å²) in [6.07, 6.45) is 4.34. The highest BCUT2D eigenvalue weighted by molar-refractivity contribution is 7.07. The second-order valence-corrected chi connectivity index (χ2v) is 4.87. The van der Waals surface area contributed by atoms with Gasteiger partial charge in [-0.05, 0) is 35.2 Å². The van der Waals surface area contributed by atoms with E-state index in [-0.39, 0.29) is 0 Å². The molecule has 0 amide bonds. The van der Waals surface area contributed by atoms with Gasteiger partial charge < -0.3 is 5.32 Å². The van der Waals surface area contributed by atoms with Gasteiger partial charge in [-0.25, -0.2) is 0 Å². The molecule has 2 aliphatic rings. The fourth-order valence-electron chi connectivity index (χ4n) is 2.50. The van der Waals surface area contributed by atoms with Gasteiger partial charge in [0, 0.05) is 18.0 Å². The van der Waals surface area contributed by atoms with Gasteiger partial charge in [-0.15, -0.1) is 0 Å². The Balaban J connectivity index is 1.86. The zero-order valence-corrected chi connectivity index (χ0v) is 7.86. The van der Waals surface area contributed by atoms with E-state index in [1.165, 1.54) is 31.4 Å². The van der Waals surface area contributed by atoms with Gasteiger partial charge in [-0.2, -0.15) is 11.3 Å². The molecule has 0 aromatic carbocycles. The number of thiophene rings is 1. The Labute approximate surface area is 76.8 Å². The van der Waals surface area contributed by atoms with Gasteiger partial charge in [0.2, 0.25) is 0 Å². The van der Waals surface area contributed by atoms with Crippen LogP contribution >= 0.6 is 11.3 Å². The molecule has 1 saturated heterocycles. The summed E-state index contributed by atoms with van der Waals surface area (Å²) in [5.74, 6) is 0. The smallest absolute Gasteiger partial charge is 0.0397 e. The second kappa shape index (κ2) is 2.33. The lowest BCUT2D eigenvalue weighted by molar-refractivity contribution is -0.00543. The molecule has 1 saturated carbocycles. The quantitative estimate of drug-likeness (QED) is 0.698. The molecule has 2 fully saturated rings. The topological polar surface area (TPSA) is 12.0 Å². The molecule has 0 radical (unpaired) electrons. The molecule has 1 spiro atoms. The average Bonchev–Trinajstić information content (AvgIpc) is 2.33. The van der Waals surface area contributed by atoms with E-state index in [0.717, 1.165) is 0 Å². The Bertz CT molecular complexity index is 269. The predicted octanol–water partition coefficient (Wildman–Crippen LogP) is 2.56. The van der Waals surface area contributed by atoms with Crippen LogP contribution in [-0.2, 0) is 0 Å². The van der Waals surface area contributed by atoms with Crippen LogP contribution in [0.25, 0.3) is 0 Å². The molecule has 3 rings (SSSR count). The molecule has 0 unspecified atom stereocenters. The summed E-state index contributed by atoms with van der Waals surface area (Å²) in [5.41, 5.74) is 2.20. The maximum Gasteiger partial charge on any atom is 0.0397 e. The first-order valence-electron chi connectivity index (χ1n) is 4.66. The van der Waals surface area contributed by atoms with E-state index in [4.69, 9.17) is 0 Å². The lowest BCUT2D eigenvalue weighted by Gasteiger charge is -2.56. The maximum atomic E-state index is 3.55. The van der Waals surface area contributed by atoms with Crippen molar-refractivity contribution in [2.75, 3.05) is 6.54 Å². The minimum Gasteiger partial charge on any atom is -0.309 e. The largest absolute Gasteiger partial charge is 0.309 e. The number of nitrogens with one attached hydrogen (secondary N) is 1. The molecule has 1 atom stereocenters. The summed E-state index contributed by atoms with van der Waals surface area (Å²) in [6, 6.07) is 2.96. The number of hydrogen-bond donors (Lipinski definition) is 1. The van der Waals surface area contributed by atoms with Crippen molar-refractivity contribution in [1.29, 1.82) is 0 Å². The first-order chi connectivity index (χ1) is 5.91. The molecule has 64 valence electrons. The van der Waals surface area contributed by atoms with Crippen molar-refractivity contribution in [3.8, 4) is 0 Å². The average molecular weight is 179 g/mol. The Morgan fingerprint density at radius 1 is 1.50 bits per heavy atom. The van der Waals surface area contributed by atoms with Crippen molar-refractivity contribution in [3.05, 3.63) is 22.4 Å². The summed E-state index contributed by atoms with van der Waals surface area (Å²) >= 11 is 1.81. The van der Waals surface area contributed by atoms with E-state index in [2.05, 4.69) is 22.1 Å². The van der Waals surface area contributed by atoms with E-state index in [9.17, 15) is 0 Å². The van der Waals surface area contributed by atoms with Crippen LogP contribution in [0.1, 0.15) is 30.9 Å². The van der Waals surface area contributed by atoms with Crippen LogP contribution in [0.15, 0.2) is 16.8 Å². The van der Waals surface area contributed by atoms with Crippen LogP contribution in [0, 0.1) is 5.41 Å². The summed E-state index contributed by atoms with van der Waals surface area (Å²) in [6.45, 7) is 1.26. The molecular formula is C10H13NS. The molecule has 1 nitrogen and oxygen atoms in total. The monoisotopic (exact) mass is 179 g/mol. The van der Waals surface area contributed by atoms with Crippen molar-refractivity contribution < 1.29 is 0 Å². The highest BCUT2D eigenvalue weighted by Gasteiger charge is 2.51. The standard InChI is InChI=1S/C10H13NS/c1-3-10(4-1)7-11-9(10)8-2-5-12-6-8/h2,5-6,9,11H,1,3-4,7H2/t9-/m0/s1. The molecule has 1 aliphatic heterocycles. The summed E-state index contributed by atoms with van der Waals surface area (Å²) in [4.78, 5) is 0. The Kier molecular flexibility index (Phi) is 1.38. The lowest BCUT2D eigenvalue weighted by atomic mass is 9.58. The molecule has 1 N–H and O–H groups in total. The van der Waals surface area contributed by atoms with Crippen molar-refractivity contribution >= 4 is 11.3 Å². The Morgan fingerprint density at radius 3 is 2.83 bits per heavy atom. The summed E-state index contributed by atoms with van der Waals surface area (Å²) in [5, 5.41) is 8.02. The normalized spacial score (nSPS) is 31.2. The first kappa shape index (κ1) is 7.10. The van der Waals surface area contributed by atoms with Crippen LogP contribution in [0.2, 0.25) is 0 Å². The zero-order chi connectivity index (χ0) is 8.02. The SMILES string of the molecule is c1cc([C@@H]2NCC23CCC3)cs1. The van der Waals surface area contributed by atoms with Gasteiger partial charge in [0.05, 0.1) is 0 Å². The summed E-state index contributed by atoms with van der Waals surface area (Å²) < 4.78 is 0. The van der Waals surface area contributed by atoms with Crippen LogP contribution in [0.3, 0.4) is 0 Å². The number of hydrogen-bond acceptors (Lipinski definition) is 2. The molecule has 0 bridgehead atoms. The third kappa shape index (κ3) is 0.771. The third-order valence-corrected chi connectivity index (χ3v) is 4.20. The van der Waals surface area contributed by atoms with Crippen LogP contribution in [-0.4, -0.2) is 6.54 Å². The predicted molar refractivity (Wildman–Crippen MR) is 51.3 cm³/mol. The molecule has 1 aromatic rings. The highest BCUT2D eigenvalue weighted by Crippen LogP contribution is 2.55. The van der Waals surface area contributed by atoms with Crippen molar-refractivity contribution in [2.45, 2.75) is 25.3 Å². The van der Waals surface area contributed by atoms with Crippen LogP contribution < -0.4 is 5.32 Å². The van der Waals surface area contributed by atoms with Gasteiger partial charge in [0.25, 0.3) is 0 Å². The molecule has 2 heterocycles. The van der Waals surface area contributed by atoms with Crippen LogP contribution in [0.5, 0.6) is 0 Å². The van der Waals surface area contributed by atoms with E-state index in [1.807, 2.05) is 11.3 Å². The minimum atomic E-state index is 0.682. The van der Waals surface area contributed by atoms with Gasteiger partial charge >= 0.3 is 0 Å². The zero-order valence-electron chi connectivity index (χ0n) is 7.05. The molecule has 12 heavy (non-hydrogen) atoms. The Morgan fingerprint density at radius 2 is 2.42 bits per heavy atom. The first-order valence-corrected chi connectivity index (χ1v) is 5.61. The maximum absolute atomic E-state index is 3.55. The van der Waals surface area contributed by atoms with Gasteiger partial charge in [-0.1, -0.05) is 6.42 Å². The number of rotatable bonds is 1. The lowest BCUT2D eigenvalue weighted by Crippen LogP contribution is -2.59. The molecule has 1 aromatic heterocycles. The van der Waals surface area contributed by atoms with Crippen molar-refractivity contribution in [1.82, 2.24) is 5.32 Å². The molecule has 1 aliphatic carbocycles. The minimum absolute atomic E-state index is 0.682. The third-order valence-electron chi connectivity index (χ3n) is 3.50. The van der Waals surface area contributed by atoms with Gasteiger partial charge in [-0.3, -0.25) is 0 Å². The van der Waals surface area contributed by atoms with Crippen LogP contribution in [0.4, 0.5) is 0 Å². The highest BCUT2D eigenvalue weighted by atomic mass is 32.1. The second-order valence-electron chi connectivity index (χ2n) is 4.09. The van der Waals surface area contributed by atoms with E-state index in [1.54, 1.807) is 0 Å². The Hall–Kier alpha value is -0.340. The van der Waals surface area contributed by atoms with Gasteiger partial charge in [0.1, 0.15) is 0 Å².